The first kappa shape index (κ1) is 19.6. The van der Waals surface area contributed by atoms with Gasteiger partial charge in [-0.25, -0.2) is 12.7 Å². The second-order valence-electron chi connectivity index (χ2n) is 5.98. The van der Waals surface area contributed by atoms with Crippen LogP contribution >= 0.6 is 0 Å². The molecule has 138 valence electrons. The highest BCUT2D eigenvalue weighted by molar-refractivity contribution is 7.89. The molecule has 0 heterocycles. The minimum Gasteiger partial charge on any atom is -0.273 e. The van der Waals surface area contributed by atoms with Crippen LogP contribution in [0.2, 0.25) is 0 Å². The molecule has 2 N–H and O–H groups in total. The molecule has 0 saturated carbocycles. The number of carbonyl (C=O) groups excluding carboxylic acids is 2. The van der Waals surface area contributed by atoms with Crippen LogP contribution < -0.4 is 10.9 Å². The quantitative estimate of drug-likeness (QED) is 0.769. The van der Waals surface area contributed by atoms with Crippen LogP contribution in [0.3, 0.4) is 0 Å². The molecular formula is C18H21N3O4S. The minimum atomic E-state index is -3.64. The third-order valence-electron chi connectivity index (χ3n) is 3.68. The number of amides is 2. The van der Waals surface area contributed by atoms with E-state index in [9.17, 15) is 18.0 Å². The summed E-state index contributed by atoms with van der Waals surface area (Å²) in [5.41, 5.74) is 6.66. The zero-order valence-electron chi connectivity index (χ0n) is 14.8. The second-order valence-corrected chi connectivity index (χ2v) is 8.13. The normalized spacial score (nSPS) is 11.2. The molecule has 0 fully saturated rings. The largest absolute Gasteiger partial charge is 0.273 e. The SMILES string of the molecule is Cc1ccc(CC(=O)NNC(=O)c2cccc(S(=O)(=O)N(C)C)c2)cc1. The number of nitrogens with zero attached hydrogens (tertiary/aromatic N) is 1. The monoisotopic (exact) mass is 375 g/mol. The molecular weight excluding hydrogens is 354 g/mol. The lowest BCUT2D eigenvalue weighted by Crippen LogP contribution is -2.42. The van der Waals surface area contributed by atoms with Crippen LogP contribution in [-0.2, 0) is 21.2 Å². The Morgan fingerprint density at radius 1 is 1.00 bits per heavy atom. The summed E-state index contributed by atoms with van der Waals surface area (Å²) in [6, 6.07) is 13.1. The average molecular weight is 375 g/mol. The lowest BCUT2D eigenvalue weighted by molar-refractivity contribution is -0.121. The first-order chi connectivity index (χ1) is 12.2. The lowest BCUT2D eigenvalue weighted by atomic mass is 10.1. The van der Waals surface area contributed by atoms with Crippen molar-refractivity contribution < 1.29 is 18.0 Å². The summed E-state index contributed by atoms with van der Waals surface area (Å²) in [4.78, 5) is 24.1. The maximum absolute atomic E-state index is 12.2. The zero-order valence-corrected chi connectivity index (χ0v) is 15.6. The number of nitrogens with one attached hydrogen (secondary N) is 2. The van der Waals surface area contributed by atoms with Crippen molar-refractivity contribution in [2.24, 2.45) is 0 Å². The van der Waals surface area contributed by atoms with Crippen molar-refractivity contribution in [2.75, 3.05) is 14.1 Å². The molecule has 0 aliphatic carbocycles. The van der Waals surface area contributed by atoms with Gasteiger partial charge in [0, 0.05) is 19.7 Å². The van der Waals surface area contributed by atoms with Gasteiger partial charge in [0.25, 0.3) is 5.91 Å². The summed E-state index contributed by atoms with van der Waals surface area (Å²) in [5, 5.41) is 0. The average Bonchev–Trinajstić information content (AvgIpc) is 2.61. The number of benzene rings is 2. The molecule has 8 heteroatoms. The van der Waals surface area contributed by atoms with Crippen LogP contribution in [0.4, 0.5) is 0 Å². The van der Waals surface area contributed by atoms with Crippen molar-refractivity contribution in [3.8, 4) is 0 Å². The van der Waals surface area contributed by atoms with Crippen LogP contribution in [-0.4, -0.2) is 38.6 Å². The summed E-state index contributed by atoms with van der Waals surface area (Å²) < 4.78 is 25.3. The number of hydrogen-bond donors (Lipinski definition) is 2. The van der Waals surface area contributed by atoms with Gasteiger partial charge in [-0.15, -0.1) is 0 Å². The molecule has 0 aliphatic heterocycles. The first-order valence-corrected chi connectivity index (χ1v) is 9.31. The number of sulfonamides is 1. The standard InChI is InChI=1S/C18H21N3O4S/c1-13-7-9-14(10-8-13)11-17(22)19-20-18(23)15-5-4-6-16(12-15)26(24,25)21(2)3/h4-10,12H,11H2,1-3H3,(H,19,22)(H,20,23). The topological polar surface area (TPSA) is 95.6 Å². The van der Waals surface area contributed by atoms with E-state index in [4.69, 9.17) is 0 Å². The van der Waals surface area contributed by atoms with E-state index in [1.54, 1.807) is 0 Å². The Labute approximate surface area is 153 Å². The highest BCUT2D eigenvalue weighted by atomic mass is 32.2. The molecule has 0 saturated heterocycles. The Morgan fingerprint density at radius 3 is 2.27 bits per heavy atom. The Bertz CT molecular complexity index is 906. The fraction of sp³-hybridized carbons (Fsp3) is 0.222. The summed E-state index contributed by atoms with van der Waals surface area (Å²) in [7, 11) is -0.822. The van der Waals surface area contributed by atoms with Crippen molar-refractivity contribution >= 4 is 21.8 Å². The van der Waals surface area contributed by atoms with Gasteiger partial charge in [0.05, 0.1) is 11.3 Å². The fourth-order valence-electron chi connectivity index (χ4n) is 2.14. The Morgan fingerprint density at radius 2 is 1.65 bits per heavy atom. The zero-order chi connectivity index (χ0) is 19.3. The Kier molecular flexibility index (Phi) is 6.12. The molecule has 0 radical (unpaired) electrons. The summed E-state index contributed by atoms with van der Waals surface area (Å²) in [6.45, 7) is 1.95. The van der Waals surface area contributed by atoms with Crippen molar-refractivity contribution in [1.82, 2.24) is 15.2 Å². The smallest absolute Gasteiger partial charge is 0.269 e. The molecule has 26 heavy (non-hydrogen) atoms. The maximum atomic E-state index is 12.2. The number of hydrogen-bond acceptors (Lipinski definition) is 4. The molecule has 0 spiro atoms. The molecule has 2 aromatic rings. The molecule has 0 aromatic heterocycles. The van der Waals surface area contributed by atoms with Crippen molar-refractivity contribution in [3.63, 3.8) is 0 Å². The van der Waals surface area contributed by atoms with E-state index in [2.05, 4.69) is 10.9 Å². The van der Waals surface area contributed by atoms with Gasteiger partial charge in [-0.05, 0) is 30.7 Å². The van der Waals surface area contributed by atoms with E-state index in [1.807, 2.05) is 31.2 Å². The van der Waals surface area contributed by atoms with Crippen molar-refractivity contribution in [2.45, 2.75) is 18.2 Å². The van der Waals surface area contributed by atoms with Gasteiger partial charge in [0.2, 0.25) is 15.9 Å². The number of carbonyl (C=O) groups is 2. The minimum absolute atomic E-state index is 0.00105. The molecule has 2 aromatic carbocycles. The van der Waals surface area contributed by atoms with Gasteiger partial charge >= 0.3 is 0 Å². The highest BCUT2D eigenvalue weighted by Crippen LogP contribution is 2.14. The van der Waals surface area contributed by atoms with Crippen molar-refractivity contribution in [1.29, 1.82) is 0 Å². The van der Waals surface area contributed by atoms with Gasteiger partial charge in [0.15, 0.2) is 0 Å². The molecule has 2 amide bonds. The van der Waals surface area contributed by atoms with Gasteiger partial charge in [-0.3, -0.25) is 20.4 Å². The van der Waals surface area contributed by atoms with E-state index in [1.165, 1.54) is 38.4 Å². The van der Waals surface area contributed by atoms with Crippen LogP contribution in [0, 0.1) is 6.92 Å². The van der Waals surface area contributed by atoms with E-state index < -0.39 is 15.9 Å². The molecule has 0 bridgehead atoms. The van der Waals surface area contributed by atoms with Crippen molar-refractivity contribution in [3.05, 3.63) is 65.2 Å². The highest BCUT2D eigenvalue weighted by Gasteiger charge is 2.18. The van der Waals surface area contributed by atoms with Crippen LogP contribution in [0.15, 0.2) is 53.4 Å². The Hall–Kier alpha value is -2.71. The summed E-state index contributed by atoms with van der Waals surface area (Å²) >= 11 is 0. The maximum Gasteiger partial charge on any atom is 0.269 e. The van der Waals surface area contributed by atoms with E-state index in [0.29, 0.717) is 0 Å². The van der Waals surface area contributed by atoms with Crippen LogP contribution in [0.1, 0.15) is 21.5 Å². The number of rotatable bonds is 5. The first-order valence-electron chi connectivity index (χ1n) is 7.87. The van der Waals surface area contributed by atoms with Gasteiger partial charge in [-0.2, -0.15) is 0 Å². The number of aryl methyl sites for hydroxylation is 1. The van der Waals surface area contributed by atoms with E-state index in [-0.39, 0.29) is 22.8 Å². The molecule has 0 unspecified atom stereocenters. The van der Waals surface area contributed by atoms with Crippen LogP contribution in [0.25, 0.3) is 0 Å². The van der Waals surface area contributed by atoms with E-state index >= 15 is 0 Å². The van der Waals surface area contributed by atoms with Gasteiger partial charge < -0.3 is 0 Å². The Balaban J connectivity index is 1.99. The molecule has 0 aliphatic rings. The molecule has 0 atom stereocenters. The molecule has 7 nitrogen and oxygen atoms in total. The number of hydrazine groups is 1. The predicted octanol–water partition coefficient (Wildman–Crippen LogP) is 1.25. The lowest BCUT2D eigenvalue weighted by Gasteiger charge is -2.12. The third kappa shape index (κ3) is 4.90. The van der Waals surface area contributed by atoms with Crippen LogP contribution in [0.5, 0.6) is 0 Å². The summed E-state index contributed by atoms with van der Waals surface area (Å²) in [5.74, 6) is -0.975. The predicted molar refractivity (Wildman–Crippen MR) is 97.8 cm³/mol. The van der Waals surface area contributed by atoms with Gasteiger partial charge in [0.1, 0.15) is 0 Å². The molecule has 2 rings (SSSR count). The third-order valence-corrected chi connectivity index (χ3v) is 5.49. The fourth-order valence-corrected chi connectivity index (χ4v) is 3.09. The second kappa shape index (κ2) is 8.11. The van der Waals surface area contributed by atoms with Gasteiger partial charge in [-0.1, -0.05) is 35.9 Å². The summed E-state index contributed by atoms with van der Waals surface area (Å²) in [6.07, 6.45) is 0.121. The van der Waals surface area contributed by atoms with E-state index in [0.717, 1.165) is 15.4 Å².